The van der Waals surface area contributed by atoms with E-state index in [-0.39, 0.29) is 16.5 Å². The van der Waals surface area contributed by atoms with E-state index in [0.717, 1.165) is 0 Å². The van der Waals surface area contributed by atoms with Crippen LogP contribution in [0.25, 0.3) is 0 Å². The third-order valence-corrected chi connectivity index (χ3v) is 3.62. The molecule has 0 aliphatic heterocycles. The zero-order valence-corrected chi connectivity index (χ0v) is 13.6. The molecule has 0 atom stereocenters. The average Bonchev–Trinajstić information content (AvgIpc) is 2.94. The normalized spacial score (nSPS) is 10.5. The van der Waals surface area contributed by atoms with E-state index in [9.17, 15) is 4.79 Å². The molecule has 0 radical (unpaired) electrons. The van der Waals surface area contributed by atoms with Gasteiger partial charge in [0.25, 0.3) is 5.91 Å². The summed E-state index contributed by atoms with van der Waals surface area (Å²) in [6.45, 7) is 1.14. The predicted octanol–water partition coefficient (Wildman–Crippen LogP) is 3.10. The maximum atomic E-state index is 12.3. The van der Waals surface area contributed by atoms with Gasteiger partial charge in [-0.05, 0) is 6.07 Å². The summed E-state index contributed by atoms with van der Waals surface area (Å²) in [5.41, 5.74) is 0.281. The van der Waals surface area contributed by atoms with Gasteiger partial charge in [0.15, 0.2) is 5.82 Å². The number of nitrogens with zero attached hydrogens (tertiary/aromatic N) is 2. The molecule has 0 saturated heterocycles. The molecular formula is C14H15Cl2N3O3. The number of ether oxygens (including phenoxy) is 2. The SMILES string of the molecule is COCCn1ccc(NC(=O)c2cc(Cl)c(Cl)cc2OC)n1. The summed E-state index contributed by atoms with van der Waals surface area (Å²) in [5.74, 6) is 0.382. The van der Waals surface area contributed by atoms with Crippen LogP contribution < -0.4 is 10.1 Å². The van der Waals surface area contributed by atoms with Crippen LogP contribution in [-0.2, 0) is 11.3 Å². The van der Waals surface area contributed by atoms with Crippen LogP contribution in [0.3, 0.4) is 0 Å². The van der Waals surface area contributed by atoms with Crippen molar-refractivity contribution in [3.8, 4) is 5.75 Å². The highest BCUT2D eigenvalue weighted by Gasteiger charge is 2.16. The van der Waals surface area contributed by atoms with Crippen LogP contribution in [0, 0.1) is 0 Å². The third-order valence-electron chi connectivity index (χ3n) is 2.89. The number of methoxy groups -OCH3 is 2. The van der Waals surface area contributed by atoms with Gasteiger partial charge >= 0.3 is 0 Å². The van der Waals surface area contributed by atoms with E-state index >= 15 is 0 Å². The van der Waals surface area contributed by atoms with Gasteiger partial charge in [0.2, 0.25) is 0 Å². The van der Waals surface area contributed by atoms with Crippen molar-refractivity contribution in [2.45, 2.75) is 6.54 Å². The minimum Gasteiger partial charge on any atom is -0.496 e. The van der Waals surface area contributed by atoms with Crippen LogP contribution in [0.2, 0.25) is 10.0 Å². The van der Waals surface area contributed by atoms with Crippen molar-refractivity contribution in [1.29, 1.82) is 0 Å². The first-order chi connectivity index (χ1) is 10.5. The molecule has 118 valence electrons. The van der Waals surface area contributed by atoms with Gasteiger partial charge in [0.05, 0.1) is 35.9 Å². The molecule has 1 N–H and O–H groups in total. The largest absolute Gasteiger partial charge is 0.496 e. The van der Waals surface area contributed by atoms with E-state index in [4.69, 9.17) is 32.7 Å². The zero-order valence-electron chi connectivity index (χ0n) is 12.1. The van der Waals surface area contributed by atoms with Crippen LogP contribution >= 0.6 is 23.2 Å². The molecule has 1 aromatic carbocycles. The highest BCUT2D eigenvalue weighted by Crippen LogP contribution is 2.30. The summed E-state index contributed by atoms with van der Waals surface area (Å²) in [6, 6.07) is 4.65. The lowest BCUT2D eigenvalue weighted by Crippen LogP contribution is -2.14. The standard InChI is InChI=1S/C14H15Cl2N3O3/c1-21-6-5-19-4-3-13(18-19)17-14(20)9-7-10(15)11(16)8-12(9)22-2/h3-4,7-8H,5-6H2,1-2H3,(H,17,18,20). The Morgan fingerprint density at radius 3 is 2.73 bits per heavy atom. The molecule has 0 aliphatic carbocycles. The quantitative estimate of drug-likeness (QED) is 0.875. The summed E-state index contributed by atoms with van der Waals surface area (Å²) in [7, 11) is 3.07. The number of amides is 1. The lowest BCUT2D eigenvalue weighted by Gasteiger charge is -2.09. The summed E-state index contributed by atoms with van der Waals surface area (Å²) < 4.78 is 11.8. The van der Waals surface area contributed by atoms with Crippen molar-refractivity contribution >= 4 is 34.9 Å². The molecule has 0 bridgehead atoms. The van der Waals surface area contributed by atoms with Crippen LogP contribution in [0.15, 0.2) is 24.4 Å². The van der Waals surface area contributed by atoms with Crippen molar-refractivity contribution in [3.63, 3.8) is 0 Å². The Morgan fingerprint density at radius 2 is 2.05 bits per heavy atom. The van der Waals surface area contributed by atoms with Crippen LogP contribution in [0.4, 0.5) is 5.82 Å². The van der Waals surface area contributed by atoms with E-state index < -0.39 is 0 Å². The smallest absolute Gasteiger partial charge is 0.260 e. The third kappa shape index (κ3) is 3.91. The lowest BCUT2D eigenvalue weighted by molar-refractivity contribution is 0.102. The minimum atomic E-state index is -0.382. The Bertz CT molecular complexity index is 673. The van der Waals surface area contributed by atoms with Gasteiger partial charge in [-0.2, -0.15) is 5.10 Å². The van der Waals surface area contributed by atoms with Crippen molar-refractivity contribution in [1.82, 2.24) is 9.78 Å². The lowest BCUT2D eigenvalue weighted by atomic mass is 10.2. The molecule has 6 nitrogen and oxygen atoms in total. The molecule has 1 aromatic heterocycles. The summed E-state index contributed by atoms with van der Waals surface area (Å²) >= 11 is 11.9. The van der Waals surface area contributed by atoms with Crippen LogP contribution in [0.1, 0.15) is 10.4 Å². The first kappa shape index (κ1) is 16.6. The van der Waals surface area contributed by atoms with Gasteiger partial charge < -0.3 is 14.8 Å². The number of halogens is 2. The Labute approximate surface area is 137 Å². The second-order valence-corrected chi connectivity index (χ2v) is 5.19. The number of hydrogen-bond acceptors (Lipinski definition) is 4. The Kier molecular flexibility index (Phi) is 5.65. The maximum absolute atomic E-state index is 12.3. The monoisotopic (exact) mass is 343 g/mol. The minimum absolute atomic E-state index is 0.276. The van der Waals surface area contributed by atoms with Gasteiger partial charge in [-0.15, -0.1) is 0 Å². The Morgan fingerprint density at radius 1 is 1.32 bits per heavy atom. The zero-order chi connectivity index (χ0) is 16.1. The molecule has 1 amide bonds. The fourth-order valence-electron chi connectivity index (χ4n) is 1.80. The maximum Gasteiger partial charge on any atom is 0.260 e. The first-order valence-electron chi connectivity index (χ1n) is 6.42. The van der Waals surface area contributed by atoms with E-state index in [0.29, 0.717) is 29.7 Å². The van der Waals surface area contributed by atoms with E-state index in [2.05, 4.69) is 10.4 Å². The molecule has 0 unspecified atom stereocenters. The number of carbonyl (C=O) groups excluding carboxylic acids is 1. The summed E-state index contributed by atoms with van der Waals surface area (Å²) in [6.07, 6.45) is 1.75. The van der Waals surface area contributed by atoms with E-state index in [1.54, 1.807) is 24.1 Å². The molecule has 0 aliphatic rings. The summed E-state index contributed by atoms with van der Waals surface area (Å²) in [4.78, 5) is 12.3. The number of rotatable bonds is 6. The molecule has 8 heteroatoms. The van der Waals surface area contributed by atoms with Gasteiger partial charge in [-0.25, -0.2) is 0 Å². The van der Waals surface area contributed by atoms with E-state index in [1.165, 1.54) is 19.2 Å². The second kappa shape index (κ2) is 7.49. The molecule has 0 spiro atoms. The summed E-state index contributed by atoms with van der Waals surface area (Å²) in [5, 5.41) is 7.49. The second-order valence-electron chi connectivity index (χ2n) is 4.38. The van der Waals surface area contributed by atoms with Gasteiger partial charge in [-0.3, -0.25) is 9.48 Å². The molecule has 0 saturated carbocycles. The number of carbonyl (C=O) groups is 1. The van der Waals surface area contributed by atoms with Crippen LogP contribution in [-0.4, -0.2) is 36.5 Å². The Balaban J connectivity index is 2.15. The fourth-order valence-corrected chi connectivity index (χ4v) is 2.11. The first-order valence-corrected chi connectivity index (χ1v) is 7.17. The van der Waals surface area contributed by atoms with Gasteiger partial charge in [0.1, 0.15) is 5.75 Å². The van der Waals surface area contributed by atoms with E-state index in [1.807, 2.05) is 0 Å². The number of benzene rings is 1. The average molecular weight is 344 g/mol. The van der Waals surface area contributed by atoms with Crippen molar-refractivity contribution in [2.75, 3.05) is 26.1 Å². The van der Waals surface area contributed by atoms with Crippen molar-refractivity contribution in [2.24, 2.45) is 0 Å². The molecule has 22 heavy (non-hydrogen) atoms. The number of hydrogen-bond donors (Lipinski definition) is 1. The predicted molar refractivity (Wildman–Crippen MR) is 85.1 cm³/mol. The van der Waals surface area contributed by atoms with Crippen molar-refractivity contribution in [3.05, 3.63) is 40.0 Å². The highest BCUT2D eigenvalue weighted by molar-refractivity contribution is 6.42. The van der Waals surface area contributed by atoms with Crippen molar-refractivity contribution < 1.29 is 14.3 Å². The molecule has 1 heterocycles. The molecule has 0 fully saturated rings. The van der Waals surface area contributed by atoms with Gasteiger partial charge in [0, 0.05) is 25.4 Å². The molecular weight excluding hydrogens is 329 g/mol. The Hall–Kier alpha value is -1.76. The highest BCUT2D eigenvalue weighted by atomic mass is 35.5. The van der Waals surface area contributed by atoms with Crippen LogP contribution in [0.5, 0.6) is 5.75 Å². The fraction of sp³-hybridized carbons (Fsp3) is 0.286. The number of aromatic nitrogens is 2. The molecule has 2 aromatic rings. The van der Waals surface area contributed by atoms with Gasteiger partial charge in [-0.1, -0.05) is 23.2 Å². The number of anilines is 1. The number of nitrogens with one attached hydrogen (secondary N) is 1. The molecule has 2 rings (SSSR count). The topological polar surface area (TPSA) is 65.4 Å².